The number of amides is 1. The monoisotopic (exact) mass is 359 g/mol. The van der Waals surface area contributed by atoms with Gasteiger partial charge in [0.2, 0.25) is 5.91 Å². The normalized spacial score (nSPS) is 23.6. The predicted molar refractivity (Wildman–Crippen MR) is 109 cm³/mol. The zero-order valence-electron chi connectivity index (χ0n) is 16.0. The topological polar surface area (TPSA) is 48.1 Å². The van der Waals surface area contributed by atoms with E-state index in [0.717, 1.165) is 24.2 Å². The van der Waals surface area contributed by atoms with Crippen LogP contribution in [-0.4, -0.2) is 28.5 Å². The van der Waals surface area contributed by atoms with Crippen LogP contribution in [0.25, 0.3) is 10.9 Å². The number of anilines is 1. The van der Waals surface area contributed by atoms with Crippen molar-refractivity contribution in [2.45, 2.75) is 38.8 Å². The van der Waals surface area contributed by atoms with E-state index < -0.39 is 0 Å². The van der Waals surface area contributed by atoms with Gasteiger partial charge in [0.1, 0.15) is 6.17 Å². The number of likely N-dealkylation sites (tertiary alicyclic amines) is 1. The van der Waals surface area contributed by atoms with Crippen LogP contribution in [0.5, 0.6) is 0 Å². The van der Waals surface area contributed by atoms with Crippen LogP contribution < -0.4 is 5.32 Å². The van der Waals surface area contributed by atoms with E-state index in [1.165, 1.54) is 22.2 Å². The molecule has 4 nitrogen and oxygen atoms in total. The van der Waals surface area contributed by atoms with Gasteiger partial charge < -0.3 is 15.2 Å². The maximum absolute atomic E-state index is 12.9. The fourth-order valence-corrected chi connectivity index (χ4v) is 5.15. The first-order valence-electron chi connectivity index (χ1n) is 9.78. The van der Waals surface area contributed by atoms with Crippen LogP contribution in [0, 0.1) is 12.8 Å². The molecule has 1 amide bonds. The molecule has 0 radical (unpaired) electrons. The van der Waals surface area contributed by atoms with Gasteiger partial charge in [0.05, 0.1) is 5.41 Å². The number of nitrogens with zero attached hydrogens (tertiary/aromatic N) is 1. The molecule has 2 aliphatic rings. The van der Waals surface area contributed by atoms with Crippen LogP contribution in [0.1, 0.15) is 37.1 Å². The Morgan fingerprint density at radius 2 is 1.89 bits per heavy atom. The number of aryl methyl sites for hydroxylation is 1. The molecule has 2 aromatic carbocycles. The summed E-state index contributed by atoms with van der Waals surface area (Å²) in [6, 6.07) is 17.0. The molecule has 0 spiro atoms. The maximum Gasteiger partial charge on any atom is 0.226 e. The van der Waals surface area contributed by atoms with Crippen LogP contribution in [0.4, 0.5) is 5.69 Å². The summed E-state index contributed by atoms with van der Waals surface area (Å²) in [7, 11) is 0. The summed E-state index contributed by atoms with van der Waals surface area (Å²) in [5.41, 5.74) is 5.89. The van der Waals surface area contributed by atoms with E-state index in [1.54, 1.807) is 0 Å². The lowest BCUT2D eigenvalue weighted by Gasteiger charge is -2.33. The SMILES string of the molecule is Cc1c(C23CCN(C(=O)C(C)C)C2Nc2ccccc23)[nH]c2ccccc12. The van der Waals surface area contributed by atoms with Gasteiger partial charge in [0, 0.05) is 34.7 Å². The average molecular weight is 359 g/mol. The molecular formula is C23H25N3O. The Balaban J connectivity index is 1.75. The Morgan fingerprint density at radius 3 is 2.67 bits per heavy atom. The fourth-order valence-electron chi connectivity index (χ4n) is 5.15. The van der Waals surface area contributed by atoms with Gasteiger partial charge in [-0.25, -0.2) is 0 Å². The molecule has 2 N–H and O–H groups in total. The minimum absolute atomic E-state index is 0.00452. The van der Waals surface area contributed by atoms with Crippen LogP contribution in [-0.2, 0) is 10.2 Å². The molecule has 1 saturated heterocycles. The Morgan fingerprint density at radius 1 is 1.15 bits per heavy atom. The molecule has 0 aliphatic carbocycles. The lowest BCUT2D eigenvalue weighted by atomic mass is 9.75. The van der Waals surface area contributed by atoms with E-state index in [1.807, 2.05) is 13.8 Å². The maximum atomic E-state index is 12.9. The number of H-pyrrole nitrogens is 1. The number of rotatable bonds is 2. The standard InChI is InChI=1S/C23H25N3O/c1-14(2)21(27)26-13-12-23(17-9-5-7-11-19(17)25-22(23)26)20-15(3)16-8-4-6-10-18(16)24-20/h4-11,14,22,24-25H,12-13H2,1-3H3. The fraction of sp³-hybridized carbons (Fsp3) is 0.348. The molecule has 2 unspecified atom stereocenters. The number of para-hydroxylation sites is 2. The number of nitrogens with one attached hydrogen (secondary N) is 2. The van der Waals surface area contributed by atoms with Gasteiger partial charge in [0.15, 0.2) is 0 Å². The van der Waals surface area contributed by atoms with Gasteiger partial charge in [-0.05, 0) is 36.6 Å². The molecular weight excluding hydrogens is 334 g/mol. The molecule has 2 atom stereocenters. The van der Waals surface area contributed by atoms with Gasteiger partial charge >= 0.3 is 0 Å². The molecule has 2 aliphatic heterocycles. The first kappa shape index (κ1) is 16.4. The Labute approximate surface area is 159 Å². The van der Waals surface area contributed by atoms with Crippen molar-refractivity contribution in [3.63, 3.8) is 0 Å². The minimum atomic E-state index is -0.232. The average Bonchev–Trinajstić information content (AvgIpc) is 3.30. The lowest BCUT2D eigenvalue weighted by molar-refractivity contribution is -0.135. The van der Waals surface area contributed by atoms with Crippen LogP contribution in [0.2, 0.25) is 0 Å². The summed E-state index contributed by atoms with van der Waals surface area (Å²) in [5, 5.41) is 4.94. The molecule has 0 bridgehead atoms. The Bertz CT molecular complexity index is 1050. The van der Waals surface area contributed by atoms with E-state index in [0.29, 0.717) is 0 Å². The highest BCUT2D eigenvalue weighted by atomic mass is 16.2. The number of carbonyl (C=O) groups is 1. The number of carbonyl (C=O) groups excluding carboxylic acids is 1. The van der Waals surface area contributed by atoms with Crippen molar-refractivity contribution >= 4 is 22.5 Å². The van der Waals surface area contributed by atoms with Crippen molar-refractivity contribution in [2.24, 2.45) is 5.92 Å². The van der Waals surface area contributed by atoms with Gasteiger partial charge in [-0.1, -0.05) is 50.2 Å². The van der Waals surface area contributed by atoms with Gasteiger partial charge in [-0.2, -0.15) is 0 Å². The summed E-state index contributed by atoms with van der Waals surface area (Å²) in [6.07, 6.45) is 0.880. The second-order valence-electron chi connectivity index (χ2n) is 8.17. The number of benzene rings is 2. The number of hydrogen-bond donors (Lipinski definition) is 2. The third-order valence-corrected chi connectivity index (χ3v) is 6.41. The zero-order chi connectivity index (χ0) is 18.8. The first-order chi connectivity index (χ1) is 13.0. The minimum Gasteiger partial charge on any atom is -0.364 e. The summed E-state index contributed by atoms with van der Waals surface area (Å²) in [4.78, 5) is 18.7. The van der Waals surface area contributed by atoms with Gasteiger partial charge in [-0.3, -0.25) is 4.79 Å². The highest BCUT2D eigenvalue weighted by molar-refractivity contribution is 5.87. The second-order valence-corrected chi connectivity index (χ2v) is 8.17. The number of hydrogen-bond acceptors (Lipinski definition) is 2. The van der Waals surface area contributed by atoms with Crippen molar-refractivity contribution in [3.05, 3.63) is 65.4 Å². The molecule has 3 heterocycles. The summed E-state index contributed by atoms with van der Waals surface area (Å²) in [6.45, 7) is 6.95. The highest BCUT2D eigenvalue weighted by Crippen LogP contribution is 2.54. The predicted octanol–water partition coefficient (Wildman–Crippen LogP) is 4.40. The Kier molecular flexibility index (Phi) is 3.42. The number of aromatic amines is 1. The summed E-state index contributed by atoms with van der Waals surface area (Å²) < 4.78 is 0. The van der Waals surface area contributed by atoms with Gasteiger partial charge in [0.25, 0.3) is 0 Å². The van der Waals surface area contributed by atoms with Crippen molar-refractivity contribution in [2.75, 3.05) is 11.9 Å². The molecule has 27 heavy (non-hydrogen) atoms. The Hall–Kier alpha value is -2.75. The quantitative estimate of drug-likeness (QED) is 0.712. The van der Waals surface area contributed by atoms with Crippen LogP contribution in [0.15, 0.2) is 48.5 Å². The molecule has 0 saturated carbocycles. The molecule has 1 aromatic heterocycles. The summed E-state index contributed by atoms with van der Waals surface area (Å²) in [5.74, 6) is 0.214. The van der Waals surface area contributed by atoms with Crippen LogP contribution >= 0.6 is 0 Å². The van der Waals surface area contributed by atoms with E-state index in [-0.39, 0.29) is 23.4 Å². The highest BCUT2D eigenvalue weighted by Gasteiger charge is 2.57. The van der Waals surface area contributed by atoms with Crippen molar-refractivity contribution in [1.29, 1.82) is 0 Å². The van der Waals surface area contributed by atoms with Crippen molar-refractivity contribution < 1.29 is 4.79 Å². The lowest BCUT2D eigenvalue weighted by Crippen LogP contribution is -2.48. The third kappa shape index (κ3) is 2.07. The van der Waals surface area contributed by atoms with E-state index in [9.17, 15) is 4.79 Å². The van der Waals surface area contributed by atoms with Crippen molar-refractivity contribution in [3.8, 4) is 0 Å². The van der Waals surface area contributed by atoms with Crippen molar-refractivity contribution in [1.82, 2.24) is 9.88 Å². The molecule has 3 aromatic rings. The van der Waals surface area contributed by atoms with Crippen LogP contribution in [0.3, 0.4) is 0 Å². The molecule has 1 fully saturated rings. The van der Waals surface area contributed by atoms with E-state index in [4.69, 9.17) is 0 Å². The smallest absolute Gasteiger partial charge is 0.226 e. The third-order valence-electron chi connectivity index (χ3n) is 6.41. The zero-order valence-corrected chi connectivity index (χ0v) is 16.0. The first-order valence-corrected chi connectivity index (χ1v) is 9.78. The number of aromatic nitrogens is 1. The molecule has 138 valence electrons. The van der Waals surface area contributed by atoms with E-state index >= 15 is 0 Å². The molecule has 4 heteroatoms. The number of fused-ring (bicyclic) bond motifs is 4. The molecule has 5 rings (SSSR count). The second kappa shape index (κ2) is 5.62. The van der Waals surface area contributed by atoms with E-state index in [2.05, 4.69) is 70.7 Å². The van der Waals surface area contributed by atoms with Gasteiger partial charge in [-0.15, -0.1) is 0 Å². The summed E-state index contributed by atoms with van der Waals surface area (Å²) >= 11 is 0. The largest absolute Gasteiger partial charge is 0.364 e.